The zero-order valence-corrected chi connectivity index (χ0v) is 15.5. The summed E-state index contributed by atoms with van der Waals surface area (Å²) in [6.45, 7) is 2.50. The van der Waals surface area contributed by atoms with Gasteiger partial charge in [-0.15, -0.1) is 0 Å². The van der Waals surface area contributed by atoms with Crippen LogP contribution in [-0.4, -0.2) is 10.9 Å². The summed E-state index contributed by atoms with van der Waals surface area (Å²) < 4.78 is 5.83. The highest BCUT2D eigenvalue weighted by atomic mass is 16.5. The highest BCUT2D eigenvalue weighted by Crippen LogP contribution is 2.22. The molecular formula is C23H24N2O2. The summed E-state index contributed by atoms with van der Waals surface area (Å²) in [5.41, 5.74) is 3.56. The summed E-state index contributed by atoms with van der Waals surface area (Å²) in [6.07, 6.45) is 3.77. The lowest BCUT2D eigenvalue weighted by Gasteiger charge is -2.11. The Balaban J connectivity index is 1.50. The topological polar surface area (TPSA) is 51.2 Å². The van der Waals surface area contributed by atoms with Crippen molar-refractivity contribution in [2.45, 2.75) is 32.8 Å². The minimum atomic E-state index is -0.0506. The minimum absolute atomic E-state index is 0.0506. The van der Waals surface area contributed by atoms with Crippen molar-refractivity contribution in [3.8, 4) is 5.75 Å². The third-order valence-electron chi connectivity index (χ3n) is 4.26. The number of benzene rings is 2. The number of rotatable bonds is 8. The number of carbonyl (C=O) groups excluding carboxylic acids is 1. The molecule has 1 heterocycles. The molecule has 138 valence electrons. The molecule has 0 aliphatic rings. The molecule has 27 heavy (non-hydrogen) atoms. The van der Waals surface area contributed by atoms with Gasteiger partial charge in [0, 0.05) is 12.6 Å². The van der Waals surface area contributed by atoms with Crippen LogP contribution in [0.25, 0.3) is 0 Å². The quantitative estimate of drug-likeness (QED) is 0.620. The van der Waals surface area contributed by atoms with Gasteiger partial charge in [0.2, 0.25) is 5.91 Å². The van der Waals surface area contributed by atoms with Crippen molar-refractivity contribution >= 4 is 11.7 Å². The Hall–Kier alpha value is -3.14. The zero-order chi connectivity index (χ0) is 18.9. The van der Waals surface area contributed by atoms with Gasteiger partial charge in [-0.1, -0.05) is 60.2 Å². The van der Waals surface area contributed by atoms with Gasteiger partial charge in [-0.05, 0) is 43.0 Å². The van der Waals surface area contributed by atoms with Crippen molar-refractivity contribution in [2.75, 3.05) is 5.32 Å². The Morgan fingerprint density at radius 1 is 0.963 bits per heavy atom. The van der Waals surface area contributed by atoms with Crippen LogP contribution in [0.1, 0.15) is 29.5 Å². The van der Waals surface area contributed by atoms with Crippen molar-refractivity contribution in [3.05, 3.63) is 89.6 Å². The highest BCUT2D eigenvalue weighted by molar-refractivity contribution is 5.91. The molecule has 3 rings (SSSR count). The van der Waals surface area contributed by atoms with Crippen molar-refractivity contribution in [1.82, 2.24) is 4.98 Å². The molecule has 1 aromatic heterocycles. The lowest BCUT2D eigenvalue weighted by atomic mass is 10.1. The van der Waals surface area contributed by atoms with Crippen molar-refractivity contribution in [1.29, 1.82) is 0 Å². The van der Waals surface area contributed by atoms with Crippen LogP contribution < -0.4 is 10.1 Å². The van der Waals surface area contributed by atoms with E-state index in [-0.39, 0.29) is 5.91 Å². The third-order valence-corrected chi connectivity index (χ3v) is 4.26. The Morgan fingerprint density at radius 3 is 2.52 bits per heavy atom. The maximum Gasteiger partial charge on any atom is 0.225 e. The van der Waals surface area contributed by atoms with Crippen molar-refractivity contribution in [3.63, 3.8) is 0 Å². The van der Waals surface area contributed by atoms with Crippen LogP contribution in [0.3, 0.4) is 0 Å². The first-order valence-electron chi connectivity index (χ1n) is 9.18. The fourth-order valence-electron chi connectivity index (χ4n) is 2.74. The third kappa shape index (κ3) is 5.96. The number of anilines is 1. The largest absolute Gasteiger partial charge is 0.485 e. The van der Waals surface area contributed by atoms with Gasteiger partial charge in [0.25, 0.3) is 0 Å². The van der Waals surface area contributed by atoms with Crippen molar-refractivity contribution < 1.29 is 9.53 Å². The Bertz CT molecular complexity index is 861. The van der Waals surface area contributed by atoms with E-state index in [0.717, 1.165) is 18.4 Å². The van der Waals surface area contributed by atoms with Gasteiger partial charge in [0.15, 0.2) is 11.6 Å². The smallest absolute Gasteiger partial charge is 0.225 e. The average Bonchev–Trinajstić information content (AvgIpc) is 2.70. The number of hydrogen-bond donors (Lipinski definition) is 1. The first-order valence-corrected chi connectivity index (χ1v) is 9.18. The molecule has 0 radical (unpaired) electrons. The SMILES string of the molecule is Cc1ccc(CCCC(=O)Nc2ncccc2OCc2ccccc2)cc1. The normalized spacial score (nSPS) is 10.4. The number of hydrogen-bond acceptors (Lipinski definition) is 3. The molecule has 3 aromatic rings. The number of pyridine rings is 1. The second-order valence-electron chi connectivity index (χ2n) is 6.51. The molecule has 1 amide bonds. The highest BCUT2D eigenvalue weighted by Gasteiger charge is 2.09. The monoisotopic (exact) mass is 360 g/mol. The molecule has 0 aliphatic heterocycles. The molecule has 0 fully saturated rings. The Kier molecular flexibility index (Phi) is 6.58. The first-order chi connectivity index (χ1) is 13.2. The molecule has 4 heteroatoms. The number of aromatic nitrogens is 1. The summed E-state index contributed by atoms with van der Waals surface area (Å²) in [6, 6.07) is 21.9. The predicted octanol–water partition coefficient (Wildman–Crippen LogP) is 4.93. The van der Waals surface area contributed by atoms with E-state index in [4.69, 9.17) is 4.74 Å². The minimum Gasteiger partial charge on any atom is -0.485 e. The molecule has 1 N–H and O–H groups in total. The molecule has 0 spiro atoms. The van der Waals surface area contributed by atoms with Crippen LogP contribution >= 0.6 is 0 Å². The van der Waals surface area contributed by atoms with Crippen LogP contribution in [-0.2, 0) is 17.8 Å². The lowest BCUT2D eigenvalue weighted by Crippen LogP contribution is -2.13. The van der Waals surface area contributed by atoms with E-state index in [1.165, 1.54) is 11.1 Å². The molecule has 0 bridgehead atoms. The van der Waals surface area contributed by atoms with Crippen LogP contribution in [0.15, 0.2) is 72.9 Å². The molecular weight excluding hydrogens is 336 g/mol. The van der Waals surface area contributed by atoms with E-state index in [1.807, 2.05) is 36.4 Å². The second-order valence-corrected chi connectivity index (χ2v) is 6.51. The summed E-state index contributed by atoms with van der Waals surface area (Å²) in [5, 5.41) is 2.87. The van der Waals surface area contributed by atoms with E-state index < -0.39 is 0 Å². The predicted molar refractivity (Wildman–Crippen MR) is 108 cm³/mol. The van der Waals surface area contributed by atoms with Crippen LogP contribution in [0.4, 0.5) is 5.82 Å². The second kappa shape index (κ2) is 9.53. The van der Waals surface area contributed by atoms with Gasteiger partial charge in [-0.3, -0.25) is 4.79 Å². The number of nitrogens with one attached hydrogen (secondary N) is 1. The number of carbonyl (C=O) groups is 1. The van der Waals surface area contributed by atoms with E-state index >= 15 is 0 Å². The summed E-state index contributed by atoms with van der Waals surface area (Å²) in [5.74, 6) is 0.993. The first kappa shape index (κ1) is 18.6. The van der Waals surface area contributed by atoms with Crippen LogP contribution in [0.5, 0.6) is 5.75 Å². The lowest BCUT2D eigenvalue weighted by molar-refractivity contribution is -0.116. The van der Waals surface area contributed by atoms with E-state index in [1.54, 1.807) is 12.3 Å². The maximum absolute atomic E-state index is 12.3. The molecule has 0 saturated carbocycles. The van der Waals surface area contributed by atoms with Crippen LogP contribution in [0, 0.1) is 6.92 Å². The van der Waals surface area contributed by atoms with E-state index in [2.05, 4.69) is 41.5 Å². The molecule has 0 aliphatic carbocycles. The van der Waals surface area contributed by atoms with Gasteiger partial charge < -0.3 is 10.1 Å². The molecule has 2 aromatic carbocycles. The van der Waals surface area contributed by atoms with Gasteiger partial charge in [-0.2, -0.15) is 0 Å². The Labute approximate surface area is 160 Å². The number of ether oxygens (including phenoxy) is 1. The number of amides is 1. The molecule has 0 atom stereocenters. The summed E-state index contributed by atoms with van der Waals surface area (Å²) in [7, 11) is 0. The zero-order valence-electron chi connectivity index (χ0n) is 15.5. The van der Waals surface area contributed by atoms with Gasteiger partial charge in [-0.25, -0.2) is 4.98 Å². The average molecular weight is 360 g/mol. The molecule has 0 saturated heterocycles. The molecule has 4 nitrogen and oxygen atoms in total. The number of aryl methyl sites for hydroxylation is 2. The van der Waals surface area contributed by atoms with E-state index in [9.17, 15) is 4.79 Å². The van der Waals surface area contributed by atoms with E-state index in [0.29, 0.717) is 24.6 Å². The van der Waals surface area contributed by atoms with Gasteiger partial charge in [0.1, 0.15) is 6.61 Å². The Morgan fingerprint density at radius 2 is 1.74 bits per heavy atom. The van der Waals surface area contributed by atoms with Gasteiger partial charge >= 0.3 is 0 Å². The maximum atomic E-state index is 12.3. The van der Waals surface area contributed by atoms with Gasteiger partial charge in [0.05, 0.1) is 0 Å². The van der Waals surface area contributed by atoms with Crippen LogP contribution in [0.2, 0.25) is 0 Å². The number of nitrogens with zero attached hydrogens (tertiary/aromatic N) is 1. The molecule has 0 unspecified atom stereocenters. The summed E-state index contributed by atoms with van der Waals surface area (Å²) >= 11 is 0. The summed E-state index contributed by atoms with van der Waals surface area (Å²) in [4.78, 5) is 16.5. The van der Waals surface area contributed by atoms with Crippen molar-refractivity contribution in [2.24, 2.45) is 0 Å². The standard InChI is InChI=1S/C23H24N2O2/c1-18-12-14-19(15-13-18)9-5-11-22(26)25-23-21(10-6-16-24-23)27-17-20-7-3-2-4-8-20/h2-4,6-8,10,12-16H,5,9,11,17H2,1H3,(H,24,25,26). The fourth-order valence-corrected chi connectivity index (χ4v) is 2.74. The fraction of sp³-hybridized carbons (Fsp3) is 0.217.